The van der Waals surface area contributed by atoms with Gasteiger partial charge in [0, 0.05) is 0 Å². The highest BCUT2D eigenvalue weighted by Crippen LogP contribution is 2.19. The molecule has 0 amide bonds. The monoisotopic (exact) mass is 340 g/mol. The third-order valence-electron chi connectivity index (χ3n) is 4.18. The van der Waals surface area contributed by atoms with Crippen LogP contribution in [0.3, 0.4) is 0 Å². The molecule has 0 aromatic heterocycles. The minimum Gasteiger partial charge on any atom is -0.459 e. The molecule has 1 rings (SSSR count). The quantitative estimate of drug-likeness (QED) is 0.324. The van der Waals surface area contributed by atoms with Crippen LogP contribution in [0.5, 0.6) is 0 Å². The lowest BCUT2D eigenvalue weighted by molar-refractivity contribution is 0.0243. The molecule has 0 saturated heterocycles. The molecule has 0 spiro atoms. The van der Waals surface area contributed by atoms with Crippen LogP contribution in [-0.2, 0) is 4.74 Å². The van der Waals surface area contributed by atoms with Gasteiger partial charge in [-0.3, -0.25) is 0 Å². The Bertz CT molecular complexity index is 468. The van der Waals surface area contributed by atoms with Gasteiger partial charge >= 0.3 is 5.97 Å². The molecular formula is C20H30F2O2. The maximum Gasteiger partial charge on any atom is 0.344 e. The fourth-order valence-electron chi connectivity index (χ4n) is 2.82. The van der Waals surface area contributed by atoms with Crippen molar-refractivity contribution in [2.45, 2.75) is 84.2 Å². The van der Waals surface area contributed by atoms with E-state index >= 15 is 0 Å². The van der Waals surface area contributed by atoms with Crippen molar-refractivity contribution in [2.24, 2.45) is 0 Å². The Morgan fingerprint density at radius 1 is 0.917 bits per heavy atom. The summed E-state index contributed by atoms with van der Waals surface area (Å²) in [6.07, 6.45) is 10.4. The first-order valence-corrected chi connectivity index (χ1v) is 9.25. The predicted molar refractivity (Wildman–Crippen MR) is 93.1 cm³/mol. The van der Waals surface area contributed by atoms with Gasteiger partial charge in [0.25, 0.3) is 0 Å². The van der Waals surface area contributed by atoms with E-state index in [1.54, 1.807) is 0 Å². The third-order valence-corrected chi connectivity index (χ3v) is 4.18. The second-order valence-corrected chi connectivity index (χ2v) is 6.32. The molecule has 1 atom stereocenters. The van der Waals surface area contributed by atoms with Gasteiger partial charge in [-0.2, -0.15) is 0 Å². The zero-order valence-electron chi connectivity index (χ0n) is 15.0. The van der Waals surface area contributed by atoms with Gasteiger partial charge in [-0.25, -0.2) is 13.6 Å². The lowest BCUT2D eigenvalue weighted by atomic mass is 10.0. The molecule has 0 radical (unpaired) electrons. The Morgan fingerprint density at radius 2 is 1.50 bits per heavy atom. The molecule has 2 nitrogen and oxygen atoms in total. The molecule has 0 heterocycles. The first kappa shape index (κ1) is 20.6. The van der Waals surface area contributed by atoms with Crippen LogP contribution in [0.25, 0.3) is 0 Å². The van der Waals surface area contributed by atoms with Crippen molar-refractivity contribution in [3.63, 3.8) is 0 Å². The van der Waals surface area contributed by atoms with Crippen LogP contribution in [0, 0.1) is 11.6 Å². The molecule has 4 heteroatoms. The van der Waals surface area contributed by atoms with Gasteiger partial charge in [-0.1, -0.05) is 64.9 Å². The summed E-state index contributed by atoms with van der Waals surface area (Å²) in [5, 5.41) is 0. The number of hydrogen-bond donors (Lipinski definition) is 0. The fraction of sp³-hybridized carbons (Fsp3) is 0.650. The van der Waals surface area contributed by atoms with Gasteiger partial charge in [-0.15, -0.1) is 0 Å². The fourth-order valence-corrected chi connectivity index (χ4v) is 2.82. The van der Waals surface area contributed by atoms with Crippen molar-refractivity contribution in [3.05, 3.63) is 35.4 Å². The molecule has 0 saturated carbocycles. The molecule has 0 aliphatic rings. The Balaban J connectivity index is 2.43. The molecule has 24 heavy (non-hydrogen) atoms. The van der Waals surface area contributed by atoms with Crippen LogP contribution in [0.15, 0.2) is 18.2 Å². The highest BCUT2D eigenvalue weighted by Gasteiger charge is 2.21. The van der Waals surface area contributed by atoms with E-state index in [0.717, 1.165) is 44.2 Å². The molecular weight excluding hydrogens is 310 g/mol. The normalized spacial score (nSPS) is 12.2. The number of esters is 1. The van der Waals surface area contributed by atoms with Gasteiger partial charge in [0.05, 0.1) is 0 Å². The first-order valence-electron chi connectivity index (χ1n) is 9.25. The number of carbonyl (C=O) groups excluding carboxylic acids is 1. The van der Waals surface area contributed by atoms with Gasteiger partial charge in [0.1, 0.15) is 23.3 Å². The number of benzene rings is 1. The van der Waals surface area contributed by atoms with Crippen molar-refractivity contribution in [2.75, 3.05) is 0 Å². The van der Waals surface area contributed by atoms with E-state index in [4.69, 9.17) is 4.74 Å². The van der Waals surface area contributed by atoms with E-state index < -0.39 is 23.2 Å². The summed E-state index contributed by atoms with van der Waals surface area (Å²) in [7, 11) is 0. The smallest absolute Gasteiger partial charge is 0.344 e. The second kappa shape index (κ2) is 12.0. The SMILES string of the molecule is CCCCCCCCCC(CCC)OC(=O)c1c(F)cccc1F. The molecule has 0 aliphatic heterocycles. The molecule has 136 valence electrons. The number of rotatable bonds is 12. The summed E-state index contributed by atoms with van der Waals surface area (Å²) >= 11 is 0. The van der Waals surface area contributed by atoms with Crippen molar-refractivity contribution in [1.82, 2.24) is 0 Å². The van der Waals surface area contributed by atoms with Crippen LogP contribution >= 0.6 is 0 Å². The van der Waals surface area contributed by atoms with Crippen LogP contribution in [0.2, 0.25) is 0 Å². The van der Waals surface area contributed by atoms with Crippen LogP contribution in [0.4, 0.5) is 8.78 Å². The van der Waals surface area contributed by atoms with E-state index in [9.17, 15) is 13.6 Å². The summed E-state index contributed by atoms with van der Waals surface area (Å²) in [5.74, 6) is -2.63. The van der Waals surface area contributed by atoms with E-state index in [2.05, 4.69) is 6.92 Å². The Hall–Kier alpha value is -1.45. The highest BCUT2D eigenvalue weighted by atomic mass is 19.1. The summed E-state index contributed by atoms with van der Waals surface area (Å²) in [5.41, 5.74) is -0.585. The van der Waals surface area contributed by atoms with Crippen molar-refractivity contribution < 1.29 is 18.3 Å². The largest absolute Gasteiger partial charge is 0.459 e. The Kier molecular flexibility index (Phi) is 10.3. The minimum atomic E-state index is -0.896. The third kappa shape index (κ3) is 7.41. The zero-order chi connectivity index (χ0) is 17.8. The maximum absolute atomic E-state index is 13.7. The first-order chi connectivity index (χ1) is 11.6. The average molecular weight is 340 g/mol. The summed E-state index contributed by atoms with van der Waals surface area (Å²) in [6.45, 7) is 4.21. The van der Waals surface area contributed by atoms with Gasteiger partial charge in [0.2, 0.25) is 0 Å². The number of hydrogen-bond acceptors (Lipinski definition) is 2. The van der Waals surface area contributed by atoms with Crippen LogP contribution in [0.1, 0.15) is 88.4 Å². The maximum atomic E-state index is 13.7. The second-order valence-electron chi connectivity index (χ2n) is 6.32. The standard InChI is InChI=1S/C20H30F2O2/c1-3-5-6-7-8-9-10-13-16(12-4-2)24-20(23)19-17(21)14-11-15-18(19)22/h11,14-16H,3-10,12-13H2,1-2H3. The number of carbonyl (C=O) groups is 1. The lowest BCUT2D eigenvalue weighted by Gasteiger charge is -2.17. The average Bonchev–Trinajstić information content (AvgIpc) is 2.54. The number of unbranched alkanes of at least 4 members (excludes halogenated alkanes) is 6. The van der Waals surface area contributed by atoms with Gasteiger partial charge in [-0.05, 0) is 31.4 Å². The number of ether oxygens (including phenoxy) is 1. The van der Waals surface area contributed by atoms with Gasteiger partial charge in [0.15, 0.2) is 0 Å². The van der Waals surface area contributed by atoms with E-state index in [1.165, 1.54) is 38.2 Å². The van der Waals surface area contributed by atoms with Crippen LogP contribution < -0.4 is 0 Å². The molecule has 0 N–H and O–H groups in total. The summed E-state index contributed by atoms with van der Waals surface area (Å²) in [4.78, 5) is 12.1. The lowest BCUT2D eigenvalue weighted by Crippen LogP contribution is -2.20. The van der Waals surface area contributed by atoms with Crippen molar-refractivity contribution in [1.29, 1.82) is 0 Å². The van der Waals surface area contributed by atoms with Crippen molar-refractivity contribution >= 4 is 5.97 Å². The van der Waals surface area contributed by atoms with Crippen molar-refractivity contribution in [3.8, 4) is 0 Å². The van der Waals surface area contributed by atoms with E-state index in [-0.39, 0.29) is 6.10 Å². The van der Waals surface area contributed by atoms with Crippen LogP contribution in [-0.4, -0.2) is 12.1 Å². The minimum absolute atomic E-state index is 0.267. The van der Waals surface area contributed by atoms with E-state index in [0.29, 0.717) is 0 Å². The van der Waals surface area contributed by atoms with Gasteiger partial charge < -0.3 is 4.74 Å². The molecule has 1 aromatic rings. The summed E-state index contributed by atoms with van der Waals surface area (Å²) in [6, 6.07) is 3.39. The Labute approximate surface area is 144 Å². The zero-order valence-corrected chi connectivity index (χ0v) is 15.0. The topological polar surface area (TPSA) is 26.3 Å². The molecule has 0 aliphatic carbocycles. The molecule has 0 bridgehead atoms. The predicted octanol–water partition coefficient (Wildman–Crippen LogP) is 6.43. The highest BCUT2D eigenvalue weighted by molar-refractivity contribution is 5.90. The molecule has 1 aromatic carbocycles. The Morgan fingerprint density at radius 3 is 2.08 bits per heavy atom. The molecule has 0 fully saturated rings. The summed E-state index contributed by atoms with van der Waals surface area (Å²) < 4.78 is 32.7. The van der Waals surface area contributed by atoms with E-state index in [1.807, 2.05) is 6.92 Å². The number of halogens is 2. The molecule has 1 unspecified atom stereocenters.